The van der Waals surface area contributed by atoms with E-state index in [2.05, 4.69) is 73.0 Å². The molecule has 1 atom stereocenters. The molecular weight excluding hydrogens is 312 g/mol. The van der Waals surface area contributed by atoms with Crippen LogP contribution in [0, 0.1) is 5.92 Å². The van der Waals surface area contributed by atoms with E-state index in [9.17, 15) is 4.79 Å². The van der Waals surface area contributed by atoms with Crippen LogP contribution >= 0.6 is 11.3 Å². The second kappa shape index (κ2) is 7.59. The van der Waals surface area contributed by atoms with Crippen molar-refractivity contribution in [2.75, 3.05) is 0 Å². The van der Waals surface area contributed by atoms with Crippen LogP contribution < -0.4 is 0 Å². The monoisotopic (exact) mass is 334 g/mol. The molecule has 0 spiro atoms. The third-order valence-electron chi connectivity index (χ3n) is 4.45. The third kappa shape index (κ3) is 3.82. The van der Waals surface area contributed by atoms with Crippen LogP contribution in [0.25, 0.3) is 16.0 Å². The van der Waals surface area contributed by atoms with Gasteiger partial charge in [-0.2, -0.15) is 0 Å². The minimum Gasteiger partial charge on any atom is -0.294 e. The third-order valence-corrected chi connectivity index (χ3v) is 5.37. The predicted octanol–water partition coefficient (Wildman–Crippen LogP) is 6.30. The van der Waals surface area contributed by atoms with Crippen LogP contribution in [-0.4, -0.2) is 5.78 Å². The first-order chi connectivity index (χ1) is 11.6. The van der Waals surface area contributed by atoms with Crippen molar-refractivity contribution in [1.29, 1.82) is 0 Å². The quantitative estimate of drug-likeness (QED) is 0.600. The molecule has 122 valence electrons. The molecule has 1 aromatic heterocycles. The Balaban J connectivity index is 1.93. The van der Waals surface area contributed by atoms with Gasteiger partial charge in [0.05, 0.1) is 0 Å². The minimum atomic E-state index is 0.111. The summed E-state index contributed by atoms with van der Waals surface area (Å²) in [6.07, 6.45) is 10.7. The van der Waals surface area contributed by atoms with Crippen LogP contribution in [0.1, 0.15) is 32.3 Å². The Bertz CT molecular complexity index is 789. The Hall–Kier alpha value is -2.19. The molecule has 0 amide bonds. The summed E-state index contributed by atoms with van der Waals surface area (Å²) in [6, 6.07) is 12.5. The topological polar surface area (TPSA) is 17.1 Å². The maximum absolute atomic E-state index is 12.2. The van der Waals surface area contributed by atoms with E-state index in [1.54, 1.807) is 18.3 Å². The van der Waals surface area contributed by atoms with Gasteiger partial charge in [0.1, 0.15) is 0 Å². The molecule has 1 nitrogen and oxygen atoms in total. The summed E-state index contributed by atoms with van der Waals surface area (Å²) in [6.45, 7) is 3.88. The average molecular weight is 334 g/mol. The standard InChI is InChI=1S/C22H22OS/c1-16-7-4-3-5-8-20(16)15-21(17(2)23)18-10-12-19(13-11-18)22-9-6-14-24-22/h3,5-6,8-16H,4,7H2,1-2H3/b21-15+. The number of thiophene rings is 1. The molecule has 1 unspecified atom stereocenters. The van der Waals surface area contributed by atoms with Gasteiger partial charge in [0.25, 0.3) is 0 Å². The van der Waals surface area contributed by atoms with Crippen LogP contribution in [0.4, 0.5) is 0 Å². The van der Waals surface area contributed by atoms with Gasteiger partial charge in [0, 0.05) is 10.5 Å². The highest BCUT2D eigenvalue weighted by atomic mass is 32.1. The summed E-state index contributed by atoms with van der Waals surface area (Å²) in [5.41, 5.74) is 4.21. The molecule has 0 N–H and O–H groups in total. The van der Waals surface area contributed by atoms with Gasteiger partial charge in [0.2, 0.25) is 0 Å². The molecule has 0 aliphatic heterocycles. The molecule has 24 heavy (non-hydrogen) atoms. The van der Waals surface area contributed by atoms with Crippen molar-refractivity contribution >= 4 is 22.7 Å². The van der Waals surface area contributed by atoms with Crippen LogP contribution in [0.3, 0.4) is 0 Å². The predicted molar refractivity (Wildman–Crippen MR) is 104 cm³/mol. The number of hydrogen-bond acceptors (Lipinski definition) is 2. The Labute approximate surface area is 148 Å². The summed E-state index contributed by atoms with van der Waals surface area (Å²) in [5, 5.41) is 2.08. The number of Topliss-reactive ketones (excluding diaryl/α,β-unsaturated/α-hetero) is 1. The normalized spacial score (nSPS) is 18.2. The first kappa shape index (κ1) is 16.7. The van der Waals surface area contributed by atoms with Gasteiger partial charge in [-0.3, -0.25) is 4.79 Å². The Kier molecular flexibility index (Phi) is 5.27. The highest BCUT2D eigenvalue weighted by molar-refractivity contribution is 7.13. The summed E-state index contributed by atoms with van der Waals surface area (Å²) in [4.78, 5) is 13.5. The van der Waals surface area contributed by atoms with E-state index in [1.165, 1.54) is 16.0 Å². The zero-order valence-electron chi connectivity index (χ0n) is 14.2. The molecule has 0 fully saturated rings. The lowest BCUT2D eigenvalue weighted by Gasteiger charge is -2.12. The van der Waals surface area contributed by atoms with Crippen LogP contribution in [-0.2, 0) is 4.79 Å². The molecule has 1 aromatic carbocycles. The molecule has 2 aromatic rings. The molecule has 0 radical (unpaired) electrons. The summed E-state index contributed by atoms with van der Waals surface area (Å²) < 4.78 is 0. The maximum Gasteiger partial charge on any atom is 0.160 e. The number of ketones is 1. The molecule has 2 heteroatoms. The van der Waals surface area contributed by atoms with Crippen molar-refractivity contribution in [3.63, 3.8) is 0 Å². The number of allylic oxidation sites excluding steroid dienone is 6. The SMILES string of the molecule is CC(=O)/C(=C\C1=CC=CCCC1C)c1ccc(-c2cccs2)cc1. The van der Waals surface area contributed by atoms with Crippen molar-refractivity contribution < 1.29 is 4.79 Å². The van der Waals surface area contributed by atoms with Crippen molar-refractivity contribution in [2.45, 2.75) is 26.7 Å². The fraction of sp³-hybridized carbons (Fsp3) is 0.227. The molecule has 0 bridgehead atoms. The fourth-order valence-electron chi connectivity index (χ4n) is 2.95. The van der Waals surface area contributed by atoms with Gasteiger partial charge in [-0.1, -0.05) is 55.5 Å². The van der Waals surface area contributed by atoms with E-state index < -0.39 is 0 Å². The molecule has 1 aliphatic rings. The molecule has 3 rings (SSSR count). The number of carbonyl (C=O) groups excluding carboxylic acids is 1. The van der Waals surface area contributed by atoms with Crippen LogP contribution in [0.2, 0.25) is 0 Å². The second-order valence-corrected chi connectivity index (χ2v) is 7.19. The number of benzene rings is 1. The Morgan fingerprint density at radius 3 is 2.67 bits per heavy atom. The summed E-state index contributed by atoms with van der Waals surface area (Å²) in [5.74, 6) is 0.583. The van der Waals surface area contributed by atoms with Crippen molar-refractivity contribution in [3.8, 4) is 10.4 Å². The average Bonchev–Trinajstić information content (AvgIpc) is 3.04. The van der Waals surface area contributed by atoms with Gasteiger partial charge in [-0.25, -0.2) is 0 Å². The van der Waals surface area contributed by atoms with Crippen LogP contribution in [0.15, 0.2) is 71.7 Å². The first-order valence-electron chi connectivity index (χ1n) is 8.39. The zero-order valence-corrected chi connectivity index (χ0v) is 15.0. The lowest BCUT2D eigenvalue weighted by atomic mass is 9.92. The van der Waals surface area contributed by atoms with Gasteiger partial charge < -0.3 is 0 Å². The van der Waals surface area contributed by atoms with E-state index in [1.807, 2.05) is 0 Å². The maximum atomic E-state index is 12.2. The van der Waals surface area contributed by atoms with Crippen molar-refractivity contribution in [1.82, 2.24) is 0 Å². The highest BCUT2D eigenvalue weighted by Crippen LogP contribution is 2.29. The van der Waals surface area contributed by atoms with Gasteiger partial charge in [-0.05, 0) is 59.9 Å². The molecule has 1 aliphatic carbocycles. The minimum absolute atomic E-state index is 0.111. The van der Waals surface area contributed by atoms with E-state index in [0.717, 1.165) is 24.0 Å². The Morgan fingerprint density at radius 2 is 2.00 bits per heavy atom. The smallest absolute Gasteiger partial charge is 0.160 e. The lowest BCUT2D eigenvalue weighted by Crippen LogP contribution is -2.01. The largest absolute Gasteiger partial charge is 0.294 e. The molecule has 1 heterocycles. The molecule has 0 saturated carbocycles. The number of rotatable bonds is 4. The van der Waals surface area contributed by atoms with Crippen molar-refractivity contribution in [3.05, 3.63) is 77.2 Å². The van der Waals surface area contributed by atoms with E-state index in [0.29, 0.717) is 5.92 Å². The van der Waals surface area contributed by atoms with Gasteiger partial charge in [-0.15, -0.1) is 11.3 Å². The number of hydrogen-bond donors (Lipinski definition) is 0. The molecular formula is C22H22OS. The Morgan fingerprint density at radius 1 is 1.21 bits per heavy atom. The van der Waals surface area contributed by atoms with Gasteiger partial charge in [0.15, 0.2) is 5.78 Å². The van der Waals surface area contributed by atoms with Crippen molar-refractivity contribution in [2.24, 2.45) is 5.92 Å². The number of carbonyl (C=O) groups is 1. The lowest BCUT2D eigenvalue weighted by molar-refractivity contribution is -0.111. The summed E-state index contributed by atoms with van der Waals surface area (Å²) in [7, 11) is 0. The first-order valence-corrected chi connectivity index (χ1v) is 9.27. The molecule has 0 saturated heterocycles. The van der Waals surface area contributed by atoms with Crippen LogP contribution in [0.5, 0.6) is 0 Å². The van der Waals surface area contributed by atoms with E-state index in [-0.39, 0.29) is 5.78 Å². The van der Waals surface area contributed by atoms with E-state index >= 15 is 0 Å². The van der Waals surface area contributed by atoms with E-state index in [4.69, 9.17) is 0 Å². The van der Waals surface area contributed by atoms with Gasteiger partial charge >= 0.3 is 0 Å². The fourth-order valence-corrected chi connectivity index (χ4v) is 3.69. The highest BCUT2D eigenvalue weighted by Gasteiger charge is 2.13. The zero-order chi connectivity index (χ0) is 16.9. The summed E-state index contributed by atoms with van der Waals surface area (Å²) >= 11 is 1.73. The second-order valence-electron chi connectivity index (χ2n) is 6.24.